The molecule has 0 saturated carbocycles. The molecule has 8 nitrogen and oxygen atoms in total. The molecule has 30 heavy (non-hydrogen) atoms. The van der Waals surface area contributed by atoms with Crippen molar-refractivity contribution in [1.29, 1.82) is 0 Å². The van der Waals surface area contributed by atoms with Gasteiger partial charge in [0.25, 0.3) is 5.91 Å². The van der Waals surface area contributed by atoms with Crippen molar-refractivity contribution in [2.24, 2.45) is 0 Å². The number of nitrogens with zero attached hydrogens (tertiary/aromatic N) is 5. The second-order valence-electron chi connectivity index (χ2n) is 7.36. The van der Waals surface area contributed by atoms with Crippen LogP contribution < -0.4 is 5.32 Å². The number of carbonyl (C=O) groups excluding carboxylic acids is 1. The van der Waals surface area contributed by atoms with E-state index >= 15 is 0 Å². The quantitative estimate of drug-likeness (QED) is 0.395. The van der Waals surface area contributed by atoms with E-state index in [1.54, 1.807) is 29.3 Å². The third-order valence-corrected chi connectivity index (χ3v) is 5.65. The predicted octanol–water partition coefficient (Wildman–Crippen LogP) is 5.11. The summed E-state index contributed by atoms with van der Waals surface area (Å²) < 4.78 is 7.31. The molecule has 0 spiro atoms. The van der Waals surface area contributed by atoms with E-state index in [0.717, 1.165) is 30.7 Å². The van der Waals surface area contributed by atoms with Gasteiger partial charge in [0, 0.05) is 12.5 Å². The fraction of sp³-hybridized carbons (Fsp3) is 0.381. The number of furan rings is 1. The zero-order valence-electron chi connectivity index (χ0n) is 17.3. The number of hydrogen-bond donors (Lipinski definition) is 1. The third kappa shape index (κ3) is 4.11. The molecule has 9 heteroatoms. The number of hydrogen-bond acceptors (Lipinski definition) is 7. The Morgan fingerprint density at radius 3 is 2.90 bits per heavy atom. The smallest absolute Gasteiger partial charge is 0.258 e. The maximum Gasteiger partial charge on any atom is 0.258 e. The van der Waals surface area contributed by atoms with Gasteiger partial charge in [-0.25, -0.2) is 9.67 Å². The molecule has 4 aromatic heterocycles. The Hall–Kier alpha value is -3.07. The molecule has 0 radical (unpaired) electrons. The van der Waals surface area contributed by atoms with E-state index in [1.165, 1.54) is 11.3 Å². The lowest BCUT2D eigenvalue weighted by Gasteiger charge is -2.09. The van der Waals surface area contributed by atoms with Crippen molar-refractivity contribution < 1.29 is 9.21 Å². The van der Waals surface area contributed by atoms with Crippen molar-refractivity contribution in [2.45, 2.75) is 52.5 Å². The summed E-state index contributed by atoms with van der Waals surface area (Å²) in [6.07, 6.45) is 7.53. The van der Waals surface area contributed by atoms with Crippen LogP contribution in [0.1, 0.15) is 61.4 Å². The molecule has 0 aromatic carbocycles. The van der Waals surface area contributed by atoms with Gasteiger partial charge in [-0.1, -0.05) is 31.1 Å². The van der Waals surface area contributed by atoms with Gasteiger partial charge in [0.1, 0.15) is 10.7 Å². The molecule has 0 saturated heterocycles. The fourth-order valence-electron chi connectivity index (χ4n) is 3.23. The summed E-state index contributed by atoms with van der Waals surface area (Å²) in [6.45, 7) is 6.21. The molecule has 4 rings (SSSR count). The average Bonchev–Trinajstić information content (AvgIpc) is 3.48. The molecule has 1 amide bonds. The van der Waals surface area contributed by atoms with Crippen molar-refractivity contribution in [3.05, 3.63) is 41.2 Å². The predicted molar refractivity (Wildman–Crippen MR) is 117 cm³/mol. The number of anilines is 1. The van der Waals surface area contributed by atoms with Gasteiger partial charge < -0.3 is 4.42 Å². The van der Waals surface area contributed by atoms with Crippen LogP contribution in [0.2, 0.25) is 0 Å². The van der Waals surface area contributed by atoms with Gasteiger partial charge in [0.2, 0.25) is 5.13 Å². The van der Waals surface area contributed by atoms with Crippen molar-refractivity contribution >= 4 is 33.4 Å². The van der Waals surface area contributed by atoms with Crippen LogP contribution in [0.25, 0.3) is 22.5 Å². The highest BCUT2D eigenvalue weighted by molar-refractivity contribution is 7.15. The van der Waals surface area contributed by atoms with Gasteiger partial charge in [-0.2, -0.15) is 5.10 Å². The molecule has 0 unspecified atom stereocenters. The highest BCUT2D eigenvalue weighted by Crippen LogP contribution is 2.28. The third-order valence-electron chi connectivity index (χ3n) is 4.76. The van der Waals surface area contributed by atoms with E-state index in [4.69, 9.17) is 9.40 Å². The number of aryl methyl sites for hydroxylation is 1. The standard InChI is InChI=1S/C21H24N6O2S/c1-4-5-6-9-18-25-26-21(30-18)24-20(28)14-11-16(17-8-7-10-29-17)23-19-15(14)12-22-27(19)13(2)3/h7-8,10-13H,4-6,9H2,1-3H3,(H,24,26,28). The summed E-state index contributed by atoms with van der Waals surface area (Å²) in [5.41, 5.74) is 1.69. The minimum absolute atomic E-state index is 0.103. The molecule has 0 fully saturated rings. The van der Waals surface area contributed by atoms with Crippen molar-refractivity contribution in [3.8, 4) is 11.5 Å². The maximum atomic E-state index is 13.1. The van der Waals surface area contributed by atoms with Crippen molar-refractivity contribution in [2.75, 3.05) is 5.32 Å². The number of unbranched alkanes of at least 4 members (excludes halogenated alkanes) is 2. The normalized spacial score (nSPS) is 11.5. The molecule has 0 atom stereocenters. The van der Waals surface area contributed by atoms with Crippen molar-refractivity contribution in [3.63, 3.8) is 0 Å². The number of amides is 1. The Bertz CT molecular complexity index is 1150. The molecule has 156 valence electrons. The lowest BCUT2D eigenvalue weighted by molar-refractivity contribution is 0.102. The Labute approximate surface area is 178 Å². The first kappa shape index (κ1) is 20.2. The number of fused-ring (bicyclic) bond motifs is 1. The summed E-state index contributed by atoms with van der Waals surface area (Å²) in [4.78, 5) is 17.8. The highest BCUT2D eigenvalue weighted by Gasteiger charge is 2.20. The second kappa shape index (κ2) is 8.74. The lowest BCUT2D eigenvalue weighted by Crippen LogP contribution is -2.13. The summed E-state index contributed by atoms with van der Waals surface area (Å²) >= 11 is 1.41. The zero-order chi connectivity index (χ0) is 21.1. The van der Waals surface area contributed by atoms with Crippen LogP contribution in [0.4, 0.5) is 5.13 Å². The Balaban J connectivity index is 1.66. The largest absolute Gasteiger partial charge is 0.463 e. The molecule has 0 bridgehead atoms. The van der Waals surface area contributed by atoms with Crippen LogP contribution in [0.3, 0.4) is 0 Å². The molecular weight excluding hydrogens is 400 g/mol. The maximum absolute atomic E-state index is 13.1. The Kier molecular flexibility index (Phi) is 5.89. The van der Waals surface area contributed by atoms with E-state index in [2.05, 4.69) is 27.5 Å². The fourth-order valence-corrected chi connectivity index (χ4v) is 4.01. The Morgan fingerprint density at radius 2 is 2.17 bits per heavy atom. The van der Waals surface area contributed by atoms with Crippen LogP contribution in [-0.2, 0) is 6.42 Å². The van der Waals surface area contributed by atoms with Crippen molar-refractivity contribution in [1.82, 2.24) is 25.0 Å². The minimum Gasteiger partial charge on any atom is -0.463 e. The van der Waals surface area contributed by atoms with Gasteiger partial charge in [-0.15, -0.1) is 10.2 Å². The molecule has 4 aromatic rings. The van der Waals surface area contributed by atoms with E-state index in [0.29, 0.717) is 33.2 Å². The topological polar surface area (TPSA) is 98.7 Å². The number of rotatable bonds is 8. The van der Waals surface area contributed by atoms with Crippen LogP contribution >= 0.6 is 11.3 Å². The molecule has 4 heterocycles. The van der Waals surface area contributed by atoms with Gasteiger partial charge in [-0.05, 0) is 38.5 Å². The molecule has 1 N–H and O–H groups in total. The number of pyridine rings is 1. The average molecular weight is 425 g/mol. The van der Waals surface area contributed by atoms with Gasteiger partial charge in [-0.3, -0.25) is 10.1 Å². The minimum atomic E-state index is -0.269. The Morgan fingerprint density at radius 1 is 1.30 bits per heavy atom. The van der Waals surface area contributed by atoms with Crippen LogP contribution in [-0.4, -0.2) is 30.9 Å². The highest BCUT2D eigenvalue weighted by atomic mass is 32.1. The van der Waals surface area contributed by atoms with Crippen LogP contribution in [0, 0.1) is 0 Å². The lowest BCUT2D eigenvalue weighted by atomic mass is 10.1. The van der Waals surface area contributed by atoms with Gasteiger partial charge in [0.05, 0.1) is 23.4 Å². The van der Waals surface area contributed by atoms with Crippen LogP contribution in [0.15, 0.2) is 35.1 Å². The molecule has 0 aliphatic rings. The first-order valence-corrected chi connectivity index (χ1v) is 10.9. The number of carbonyl (C=O) groups is 1. The first-order valence-electron chi connectivity index (χ1n) is 10.1. The van der Waals surface area contributed by atoms with E-state index in [1.807, 2.05) is 19.9 Å². The van der Waals surface area contributed by atoms with E-state index in [9.17, 15) is 4.79 Å². The SMILES string of the molecule is CCCCCc1nnc(NC(=O)c2cc(-c3ccco3)nc3c2cnn3C(C)C)s1. The molecule has 0 aliphatic heterocycles. The van der Waals surface area contributed by atoms with E-state index in [-0.39, 0.29) is 11.9 Å². The summed E-state index contributed by atoms with van der Waals surface area (Å²) in [5.74, 6) is 0.325. The molecular formula is C21H24N6O2S. The summed E-state index contributed by atoms with van der Waals surface area (Å²) in [6, 6.07) is 5.44. The zero-order valence-corrected chi connectivity index (χ0v) is 18.1. The van der Waals surface area contributed by atoms with Gasteiger partial charge in [0.15, 0.2) is 11.4 Å². The first-order chi connectivity index (χ1) is 14.6. The van der Waals surface area contributed by atoms with Crippen LogP contribution in [0.5, 0.6) is 0 Å². The van der Waals surface area contributed by atoms with Gasteiger partial charge >= 0.3 is 0 Å². The summed E-state index contributed by atoms with van der Waals surface area (Å²) in [5, 5.41) is 17.7. The monoisotopic (exact) mass is 424 g/mol. The number of nitrogens with one attached hydrogen (secondary N) is 1. The van der Waals surface area contributed by atoms with E-state index < -0.39 is 0 Å². The summed E-state index contributed by atoms with van der Waals surface area (Å²) in [7, 11) is 0. The number of aromatic nitrogens is 5. The second-order valence-corrected chi connectivity index (χ2v) is 8.43. The molecule has 0 aliphatic carbocycles.